The van der Waals surface area contributed by atoms with Gasteiger partial charge in [0.1, 0.15) is 11.1 Å². The van der Waals surface area contributed by atoms with E-state index in [1.807, 2.05) is 6.92 Å². The van der Waals surface area contributed by atoms with Crippen molar-refractivity contribution in [2.75, 3.05) is 10.5 Å². The maximum atomic E-state index is 12.5. The second kappa shape index (κ2) is 5.06. The molecule has 0 bridgehead atoms. The minimum Gasteiger partial charge on any atom is -0.267 e. The highest BCUT2D eigenvalue weighted by Gasteiger charge is 2.42. The van der Waals surface area contributed by atoms with Gasteiger partial charge in [-0.1, -0.05) is 24.3 Å². The van der Waals surface area contributed by atoms with Gasteiger partial charge in [0.05, 0.1) is 10.6 Å². The number of rotatable bonds is 3. The van der Waals surface area contributed by atoms with Crippen LogP contribution in [0.2, 0.25) is 0 Å². The van der Waals surface area contributed by atoms with Crippen LogP contribution in [-0.2, 0) is 19.9 Å². The maximum Gasteiger partial charge on any atom is 0.242 e. The molecule has 0 fully saturated rings. The Balaban J connectivity index is 1.99. The quantitative estimate of drug-likeness (QED) is 0.919. The molecule has 0 spiro atoms. The highest BCUT2D eigenvalue weighted by Crippen LogP contribution is 2.38. The summed E-state index contributed by atoms with van der Waals surface area (Å²) >= 11 is 0. The van der Waals surface area contributed by atoms with Crippen LogP contribution in [-0.4, -0.2) is 27.6 Å². The zero-order chi connectivity index (χ0) is 16.0. The Morgan fingerprint density at radius 1 is 1.18 bits per heavy atom. The molecule has 0 saturated heterocycles. The van der Waals surface area contributed by atoms with Crippen LogP contribution in [0.5, 0.6) is 0 Å². The van der Waals surface area contributed by atoms with Crippen LogP contribution in [0.15, 0.2) is 47.5 Å². The van der Waals surface area contributed by atoms with E-state index in [4.69, 9.17) is 0 Å². The largest absolute Gasteiger partial charge is 0.267 e. The van der Waals surface area contributed by atoms with Gasteiger partial charge in [0, 0.05) is 6.20 Å². The number of nitrogens with one attached hydrogen (secondary N) is 1. The standard InChI is InChI=1S/C14H14N2O4S2/c1-10-6-7-14(15-8-10)16-22(19,20)13-9-21(17,18)12-5-3-2-4-11(12)13/h2-8,13H,9H2,1H3,(H,15,16)/t13-/m1/s1. The number of fused-ring (bicyclic) bond motifs is 1. The van der Waals surface area contributed by atoms with Crippen LogP contribution in [0.3, 0.4) is 0 Å². The fourth-order valence-corrected chi connectivity index (χ4v) is 6.45. The Morgan fingerprint density at radius 3 is 2.59 bits per heavy atom. The third kappa shape index (κ3) is 2.59. The lowest BCUT2D eigenvalue weighted by Gasteiger charge is -2.13. The fourth-order valence-electron chi connectivity index (χ4n) is 2.41. The predicted molar refractivity (Wildman–Crippen MR) is 82.8 cm³/mol. The molecule has 2 aromatic rings. The number of hydrogen-bond donors (Lipinski definition) is 1. The fraction of sp³-hybridized carbons (Fsp3) is 0.214. The Bertz CT molecular complexity index is 920. The average Bonchev–Trinajstić information content (AvgIpc) is 2.75. The zero-order valence-electron chi connectivity index (χ0n) is 11.7. The van der Waals surface area contributed by atoms with Crippen molar-refractivity contribution >= 4 is 25.7 Å². The van der Waals surface area contributed by atoms with E-state index in [9.17, 15) is 16.8 Å². The molecule has 6 nitrogen and oxygen atoms in total. The van der Waals surface area contributed by atoms with E-state index in [2.05, 4.69) is 9.71 Å². The molecule has 1 aromatic carbocycles. The second-order valence-electron chi connectivity index (χ2n) is 5.18. The van der Waals surface area contributed by atoms with Gasteiger partial charge in [-0.05, 0) is 30.2 Å². The molecule has 1 aromatic heterocycles. The number of aromatic nitrogens is 1. The van der Waals surface area contributed by atoms with Gasteiger partial charge in [0.15, 0.2) is 9.84 Å². The number of nitrogens with zero attached hydrogens (tertiary/aromatic N) is 1. The molecule has 1 aliphatic rings. The third-order valence-electron chi connectivity index (χ3n) is 3.50. The second-order valence-corrected chi connectivity index (χ2v) is 9.04. The number of anilines is 1. The van der Waals surface area contributed by atoms with Gasteiger partial charge in [-0.3, -0.25) is 4.72 Å². The lowest BCUT2D eigenvalue weighted by Crippen LogP contribution is -2.23. The molecule has 116 valence electrons. The molecule has 2 heterocycles. The minimum absolute atomic E-state index is 0.0854. The monoisotopic (exact) mass is 338 g/mol. The minimum atomic E-state index is -3.90. The van der Waals surface area contributed by atoms with E-state index in [1.54, 1.807) is 24.3 Å². The van der Waals surface area contributed by atoms with Crippen molar-refractivity contribution in [1.82, 2.24) is 4.98 Å². The molecule has 0 unspecified atom stereocenters. The van der Waals surface area contributed by atoms with Crippen molar-refractivity contribution in [2.24, 2.45) is 0 Å². The first kappa shape index (κ1) is 15.0. The van der Waals surface area contributed by atoms with Crippen LogP contribution in [0.1, 0.15) is 16.4 Å². The molecule has 1 N–H and O–H groups in total. The molecule has 0 saturated carbocycles. The number of pyridine rings is 1. The predicted octanol–water partition coefficient (Wildman–Crippen LogP) is 1.66. The smallest absolute Gasteiger partial charge is 0.242 e. The number of aryl methyl sites for hydroxylation is 1. The van der Waals surface area contributed by atoms with Crippen LogP contribution in [0, 0.1) is 6.92 Å². The molecule has 0 amide bonds. The van der Waals surface area contributed by atoms with Gasteiger partial charge < -0.3 is 0 Å². The van der Waals surface area contributed by atoms with Crippen molar-refractivity contribution in [3.8, 4) is 0 Å². The van der Waals surface area contributed by atoms with Crippen molar-refractivity contribution in [3.63, 3.8) is 0 Å². The summed E-state index contributed by atoms with van der Waals surface area (Å²) in [5.74, 6) is -0.277. The molecule has 1 atom stereocenters. The van der Waals surface area contributed by atoms with E-state index in [0.717, 1.165) is 5.56 Å². The number of benzene rings is 1. The molecule has 1 aliphatic heterocycles. The van der Waals surface area contributed by atoms with E-state index in [0.29, 0.717) is 5.56 Å². The van der Waals surface area contributed by atoms with E-state index in [-0.39, 0.29) is 10.7 Å². The first-order valence-electron chi connectivity index (χ1n) is 6.55. The Kier molecular flexibility index (Phi) is 3.45. The zero-order valence-corrected chi connectivity index (χ0v) is 13.4. The topological polar surface area (TPSA) is 93.2 Å². The van der Waals surface area contributed by atoms with Gasteiger partial charge in [0.25, 0.3) is 0 Å². The van der Waals surface area contributed by atoms with E-state index < -0.39 is 30.9 Å². The van der Waals surface area contributed by atoms with Gasteiger partial charge in [0.2, 0.25) is 10.0 Å². The van der Waals surface area contributed by atoms with Gasteiger partial charge in [-0.25, -0.2) is 21.8 Å². The van der Waals surface area contributed by atoms with Crippen molar-refractivity contribution in [3.05, 3.63) is 53.7 Å². The van der Waals surface area contributed by atoms with Crippen molar-refractivity contribution in [1.29, 1.82) is 0 Å². The summed E-state index contributed by atoms with van der Waals surface area (Å²) in [4.78, 5) is 4.07. The average molecular weight is 338 g/mol. The Morgan fingerprint density at radius 2 is 1.91 bits per heavy atom. The SMILES string of the molecule is Cc1ccc(NS(=O)(=O)[C@@H]2CS(=O)(=O)c3ccccc32)nc1. The first-order valence-corrected chi connectivity index (χ1v) is 9.75. The summed E-state index contributed by atoms with van der Waals surface area (Å²) < 4.78 is 51.6. The van der Waals surface area contributed by atoms with Crippen molar-refractivity contribution < 1.29 is 16.8 Å². The first-order chi connectivity index (χ1) is 10.3. The summed E-state index contributed by atoms with van der Waals surface area (Å²) in [6.07, 6.45) is 1.54. The van der Waals surface area contributed by atoms with Crippen molar-refractivity contribution in [2.45, 2.75) is 17.1 Å². The molecule has 8 heteroatoms. The lowest BCUT2D eigenvalue weighted by atomic mass is 10.2. The normalized spacial score (nSPS) is 19.6. The van der Waals surface area contributed by atoms with E-state index >= 15 is 0 Å². The van der Waals surface area contributed by atoms with Gasteiger partial charge >= 0.3 is 0 Å². The third-order valence-corrected chi connectivity index (χ3v) is 7.19. The summed E-state index contributed by atoms with van der Waals surface area (Å²) in [5, 5.41) is -1.13. The van der Waals surface area contributed by atoms with Crippen LogP contribution in [0.4, 0.5) is 5.82 Å². The summed E-state index contributed by atoms with van der Waals surface area (Å²) in [5.41, 5.74) is 1.21. The number of hydrogen-bond acceptors (Lipinski definition) is 5. The molecule has 3 rings (SSSR count). The molecular weight excluding hydrogens is 324 g/mol. The number of sulfonamides is 1. The highest BCUT2D eigenvalue weighted by atomic mass is 32.2. The molecular formula is C14H14N2O4S2. The molecule has 0 radical (unpaired) electrons. The lowest BCUT2D eigenvalue weighted by molar-refractivity contribution is 0.586. The number of sulfone groups is 1. The van der Waals surface area contributed by atoms with Crippen LogP contribution in [0.25, 0.3) is 0 Å². The molecule has 0 aliphatic carbocycles. The Labute approximate surface area is 129 Å². The van der Waals surface area contributed by atoms with E-state index in [1.165, 1.54) is 18.3 Å². The summed E-state index contributed by atoms with van der Waals surface area (Å²) in [6.45, 7) is 1.84. The highest BCUT2D eigenvalue weighted by molar-refractivity contribution is 7.96. The van der Waals surface area contributed by atoms with Crippen LogP contribution >= 0.6 is 0 Å². The van der Waals surface area contributed by atoms with Gasteiger partial charge in [-0.2, -0.15) is 0 Å². The summed E-state index contributed by atoms with van der Waals surface area (Å²) in [7, 11) is -7.48. The molecule has 22 heavy (non-hydrogen) atoms. The van der Waals surface area contributed by atoms with Crippen LogP contribution < -0.4 is 4.72 Å². The summed E-state index contributed by atoms with van der Waals surface area (Å²) in [6, 6.07) is 9.45. The Hall–Kier alpha value is -1.93. The maximum absolute atomic E-state index is 12.5. The van der Waals surface area contributed by atoms with Gasteiger partial charge in [-0.15, -0.1) is 0 Å².